The zero-order chi connectivity index (χ0) is 16.1. The first-order chi connectivity index (χ1) is 11.3. The fraction of sp³-hybridized carbons (Fsp3) is 0.714. The van der Waals surface area contributed by atoms with E-state index in [0.717, 1.165) is 18.8 Å². The normalized spacial score (nSPS) is 22.3. The zero-order valence-corrected chi connectivity index (χ0v) is 14.8. The predicted molar refractivity (Wildman–Crippen MR) is 97.0 cm³/mol. The van der Waals surface area contributed by atoms with Crippen LogP contribution in [0.15, 0.2) is 18.2 Å². The molecule has 1 saturated carbocycles. The number of benzene rings is 1. The summed E-state index contributed by atoms with van der Waals surface area (Å²) in [5, 5.41) is 10.2. The highest BCUT2D eigenvalue weighted by Gasteiger charge is 2.26. The number of phenols is 1. The van der Waals surface area contributed by atoms with Gasteiger partial charge in [-0.15, -0.1) is 0 Å². The van der Waals surface area contributed by atoms with E-state index in [1.165, 1.54) is 75.6 Å². The van der Waals surface area contributed by atoms with Gasteiger partial charge in [0.1, 0.15) is 5.75 Å². The number of phenolic OH excluding ortho intramolecular Hbond substituents is 1. The minimum atomic E-state index is 0.510. The Labute approximate surface area is 141 Å². The number of rotatable bonds is 6. The lowest BCUT2D eigenvalue weighted by Gasteiger charge is -2.36. The van der Waals surface area contributed by atoms with Crippen molar-refractivity contribution in [3.8, 4) is 5.75 Å². The molecule has 0 aliphatic heterocycles. The molecule has 128 valence electrons. The van der Waals surface area contributed by atoms with Crippen LogP contribution in [0.1, 0.15) is 69.4 Å². The molecule has 1 aromatic rings. The molecule has 1 fully saturated rings. The SMILES string of the molecule is CCCN(CCC1CCCCC1)C1CCc2cccc(O)c2C1. The quantitative estimate of drug-likeness (QED) is 0.804. The molecule has 1 atom stereocenters. The maximum Gasteiger partial charge on any atom is 0.119 e. The van der Waals surface area contributed by atoms with Crippen LogP contribution in [0.25, 0.3) is 0 Å². The summed E-state index contributed by atoms with van der Waals surface area (Å²) in [4.78, 5) is 2.73. The highest BCUT2D eigenvalue weighted by atomic mass is 16.3. The average molecular weight is 316 g/mol. The average Bonchev–Trinajstić information content (AvgIpc) is 2.60. The van der Waals surface area contributed by atoms with Crippen LogP contribution in [-0.4, -0.2) is 29.1 Å². The van der Waals surface area contributed by atoms with E-state index in [1.807, 2.05) is 12.1 Å². The van der Waals surface area contributed by atoms with Gasteiger partial charge in [0.15, 0.2) is 0 Å². The van der Waals surface area contributed by atoms with Gasteiger partial charge in [0.05, 0.1) is 0 Å². The second-order valence-electron chi connectivity index (χ2n) is 7.64. The maximum atomic E-state index is 10.2. The molecular formula is C21H33NO. The molecule has 1 aromatic carbocycles. The summed E-state index contributed by atoms with van der Waals surface area (Å²) in [5.41, 5.74) is 2.58. The summed E-state index contributed by atoms with van der Waals surface area (Å²) in [5.74, 6) is 1.48. The van der Waals surface area contributed by atoms with E-state index in [1.54, 1.807) is 0 Å². The molecule has 3 rings (SSSR count). The minimum Gasteiger partial charge on any atom is -0.508 e. The molecule has 0 radical (unpaired) electrons. The van der Waals surface area contributed by atoms with Gasteiger partial charge in [-0.1, -0.05) is 51.2 Å². The molecule has 0 heterocycles. The van der Waals surface area contributed by atoms with Gasteiger partial charge in [0.2, 0.25) is 0 Å². The molecule has 2 aliphatic carbocycles. The minimum absolute atomic E-state index is 0.510. The van der Waals surface area contributed by atoms with Crippen LogP contribution in [0.5, 0.6) is 5.75 Å². The van der Waals surface area contributed by atoms with Crippen LogP contribution in [-0.2, 0) is 12.8 Å². The third-order valence-electron chi connectivity index (χ3n) is 6.01. The van der Waals surface area contributed by atoms with E-state index in [-0.39, 0.29) is 0 Å². The van der Waals surface area contributed by atoms with Crippen molar-refractivity contribution < 1.29 is 5.11 Å². The predicted octanol–water partition coefficient (Wildman–Crippen LogP) is 4.93. The number of fused-ring (bicyclic) bond motifs is 1. The van der Waals surface area contributed by atoms with Crippen LogP contribution in [0, 0.1) is 5.92 Å². The molecule has 23 heavy (non-hydrogen) atoms. The monoisotopic (exact) mass is 315 g/mol. The second kappa shape index (κ2) is 8.19. The lowest BCUT2D eigenvalue weighted by Crippen LogP contribution is -2.41. The van der Waals surface area contributed by atoms with Gasteiger partial charge >= 0.3 is 0 Å². The van der Waals surface area contributed by atoms with E-state index >= 15 is 0 Å². The van der Waals surface area contributed by atoms with Crippen molar-refractivity contribution in [3.63, 3.8) is 0 Å². The number of aromatic hydroxyl groups is 1. The Morgan fingerprint density at radius 3 is 2.70 bits per heavy atom. The lowest BCUT2D eigenvalue weighted by atomic mass is 9.85. The Hall–Kier alpha value is -1.02. The Morgan fingerprint density at radius 2 is 1.91 bits per heavy atom. The van der Waals surface area contributed by atoms with Crippen molar-refractivity contribution in [3.05, 3.63) is 29.3 Å². The highest BCUT2D eigenvalue weighted by Crippen LogP contribution is 2.32. The summed E-state index contributed by atoms with van der Waals surface area (Å²) in [6, 6.07) is 6.66. The Bertz CT molecular complexity index is 493. The van der Waals surface area contributed by atoms with E-state index in [9.17, 15) is 5.11 Å². The number of nitrogens with zero attached hydrogens (tertiary/aromatic N) is 1. The van der Waals surface area contributed by atoms with Crippen molar-refractivity contribution in [2.75, 3.05) is 13.1 Å². The fourth-order valence-corrected chi connectivity index (χ4v) is 4.65. The largest absolute Gasteiger partial charge is 0.508 e. The summed E-state index contributed by atoms with van der Waals surface area (Å²) in [6.07, 6.45) is 13.3. The van der Waals surface area contributed by atoms with Gasteiger partial charge in [0, 0.05) is 6.04 Å². The third-order valence-corrected chi connectivity index (χ3v) is 6.01. The van der Waals surface area contributed by atoms with E-state index in [0.29, 0.717) is 11.8 Å². The van der Waals surface area contributed by atoms with Gasteiger partial charge in [-0.2, -0.15) is 0 Å². The van der Waals surface area contributed by atoms with E-state index in [2.05, 4.69) is 17.9 Å². The molecule has 1 unspecified atom stereocenters. The number of hydrogen-bond donors (Lipinski definition) is 1. The van der Waals surface area contributed by atoms with Crippen LogP contribution >= 0.6 is 0 Å². The summed E-state index contributed by atoms with van der Waals surface area (Å²) in [7, 11) is 0. The number of aryl methyl sites for hydroxylation is 1. The smallest absolute Gasteiger partial charge is 0.119 e. The summed E-state index contributed by atoms with van der Waals surface area (Å²) >= 11 is 0. The number of hydrogen-bond acceptors (Lipinski definition) is 2. The van der Waals surface area contributed by atoms with Crippen molar-refractivity contribution >= 4 is 0 Å². The molecule has 2 nitrogen and oxygen atoms in total. The van der Waals surface area contributed by atoms with E-state index < -0.39 is 0 Å². The third kappa shape index (κ3) is 4.29. The summed E-state index contributed by atoms with van der Waals surface area (Å²) in [6.45, 7) is 4.76. The van der Waals surface area contributed by atoms with Gasteiger partial charge < -0.3 is 10.0 Å². The van der Waals surface area contributed by atoms with Gasteiger partial charge in [-0.25, -0.2) is 0 Å². The van der Waals surface area contributed by atoms with Gasteiger partial charge in [0.25, 0.3) is 0 Å². The van der Waals surface area contributed by atoms with Crippen LogP contribution < -0.4 is 0 Å². The standard InChI is InChI=1S/C21H33NO/c1-2-14-22(15-13-17-7-4-3-5-8-17)19-12-11-18-9-6-10-21(23)20(18)16-19/h6,9-10,17,19,23H,2-5,7-8,11-16H2,1H3. The van der Waals surface area contributed by atoms with Crippen molar-refractivity contribution in [1.29, 1.82) is 0 Å². The molecule has 0 saturated heterocycles. The second-order valence-corrected chi connectivity index (χ2v) is 7.64. The molecule has 2 aliphatic rings. The van der Waals surface area contributed by atoms with Crippen LogP contribution in [0.3, 0.4) is 0 Å². The van der Waals surface area contributed by atoms with Crippen molar-refractivity contribution in [1.82, 2.24) is 4.90 Å². The molecule has 2 heteroatoms. The highest BCUT2D eigenvalue weighted by molar-refractivity contribution is 5.41. The maximum absolute atomic E-state index is 10.2. The van der Waals surface area contributed by atoms with Gasteiger partial charge in [-0.05, 0) is 68.3 Å². The van der Waals surface area contributed by atoms with Crippen LogP contribution in [0.4, 0.5) is 0 Å². The fourth-order valence-electron chi connectivity index (χ4n) is 4.65. The topological polar surface area (TPSA) is 23.5 Å². The zero-order valence-electron chi connectivity index (χ0n) is 14.8. The van der Waals surface area contributed by atoms with Gasteiger partial charge in [-0.3, -0.25) is 0 Å². The molecule has 0 spiro atoms. The molecule has 0 bridgehead atoms. The Balaban J connectivity index is 1.61. The molecule has 0 amide bonds. The Kier molecular flexibility index (Phi) is 5.99. The molecule has 0 aromatic heterocycles. The van der Waals surface area contributed by atoms with Crippen LogP contribution in [0.2, 0.25) is 0 Å². The molecule has 1 N–H and O–H groups in total. The lowest BCUT2D eigenvalue weighted by molar-refractivity contribution is 0.160. The first-order valence-corrected chi connectivity index (χ1v) is 9.81. The first-order valence-electron chi connectivity index (χ1n) is 9.81. The van der Waals surface area contributed by atoms with Crippen molar-refractivity contribution in [2.24, 2.45) is 5.92 Å². The van der Waals surface area contributed by atoms with Crippen molar-refractivity contribution in [2.45, 2.75) is 77.2 Å². The first kappa shape index (κ1) is 16.8. The van der Waals surface area contributed by atoms with E-state index in [4.69, 9.17) is 0 Å². The Morgan fingerprint density at radius 1 is 1.09 bits per heavy atom. The molecular weight excluding hydrogens is 282 g/mol. The summed E-state index contributed by atoms with van der Waals surface area (Å²) < 4.78 is 0.